The van der Waals surface area contributed by atoms with Crippen molar-refractivity contribution in [2.75, 3.05) is 0 Å². The number of fused-ring (bicyclic) bond motifs is 8. The van der Waals surface area contributed by atoms with Gasteiger partial charge in [-0.3, -0.25) is 0 Å². The van der Waals surface area contributed by atoms with E-state index >= 15 is 0 Å². The third kappa shape index (κ3) is 5.59. The average molecular weight is 768 g/mol. The number of furan rings is 2. The zero-order chi connectivity index (χ0) is 39.6. The molecule has 9 aromatic carbocycles. The van der Waals surface area contributed by atoms with Crippen LogP contribution >= 0.6 is 0 Å². The molecule has 60 heavy (non-hydrogen) atoms. The van der Waals surface area contributed by atoms with Gasteiger partial charge in [-0.25, -0.2) is 15.0 Å². The Bertz CT molecular complexity index is 3590. The van der Waals surface area contributed by atoms with Crippen LogP contribution < -0.4 is 0 Å². The van der Waals surface area contributed by atoms with Crippen LogP contribution in [0.5, 0.6) is 0 Å². The molecule has 0 bridgehead atoms. The summed E-state index contributed by atoms with van der Waals surface area (Å²) in [4.78, 5) is 15.8. The van der Waals surface area contributed by atoms with Crippen molar-refractivity contribution in [1.29, 1.82) is 0 Å². The topological polar surface area (TPSA) is 65.0 Å². The molecule has 0 spiro atoms. The largest absolute Gasteiger partial charge is 0.456 e. The number of benzene rings is 9. The van der Waals surface area contributed by atoms with Crippen molar-refractivity contribution >= 4 is 54.6 Å². The minimum Gasteiger partial charge on any atom is -0.456 e. The first-order valence-corrected chi connectivity index (χ1v) is 20.1. The van der Waals surface area contributed by atoms with E-state index in [1.54, 1.807) is 0 Å². The van der Waals surface area contributed by atoms with Crippen LogP contribution in [-0.4, -0.2) is 15.0 Å². The summed E-state index contributed by atoms with van der Waals surface area (Å²) in [6.07, 6.45) is 0. The van der Waals surface area contributed by atoms with Crippen LogP contribution in [0.2, 0.25) is 0 Å². The number of hydrogen-bond donors (Lipinski definition) is 0. The van der Waals surface area contributed by atoms with E-state index in [9.17, 15) is 0 Å². The highest BCUT2D eigenvalue weighted by atomic mass is 16.3. The predicted octanol–water partition coefficient (Wildman–Crippen LogP) is 14.8. The zero-order valence-electron chi connectivity index (χ0n) is 32.2. The second-order valence-corrected chi connectivity index (χ2v) is 15.1. The van der Waals surface area contributed by atoms with E-state index in [1.165, 1.54) is 5.39 Å². The highest BCUT2D eigenvalue weighted by Crippen LogP contribution is 2.46. The number of aromatic nitrogens is 3. The fourth-order valence-corrected chi connectivity index (χ4v) is 8.73. The van der Waals surface area contributed by atoms with Crippen molar-refractivity contribution in [2.45, 2.75) is 0 Å². The van der Waals surface area contributed by atoms with Crippen molar-refractivity contribution in [3.8, 4) is 67.5 Å². The monoisotopic (exact) mass is 767 g/mol. The van der Waals surface area contributed by atoms with Gasteiger partial charge < -0.3 is 8.83 Å². The SMILES string of the molecule is c1ccc(-c2cc(-c3nc(-c4ccccc4)nc(-c4ccc5c(c4)oc4ccc6ccccc6c45)n3)c(-c3ccccc3)c(-c3cccc4c3oc3ccccc34)c2)cc1. The molecule has 3 aromatic heterocycles. The normalized spacial score (nSPS) is 11.7. The number of para-hydroxylation sites is 2. The van der Waals surface area contributed by atoms with Crippen LogP contribution in [0.4, 0.5) is 0 Å². The standard InChI is InChI=1S/C55H33N3O2/c1-4-15-34(16-5-1)39-31-45(43-25-14-24-42-41-23-12-13-26-47(41)60-52(42)43)50(36-18-6-2-7-19-36)46(32-39)55-57-53(37-20-8-3-9-21-37)56-54(58-55)38-27-29-44-49(33-38)59-48-30-28-35-17-10-11-22-40(35)51(44)48/h1-33H. The molecule has 3 heterocycles. The molecular weight excluding hydrogens is 735 g/mol. The first-order valence-electron chi connectivity index (χ1n) is 20.1. The summed E-state index contributed by atoms with van der Waals surface area (Å²) >= 11 is 0. The van der Waals surface area contributed by atoms with Gasteiger partial charge in [0.2, 0.25) is 0 Å². The Kier molecular flexibility index (Phi) is 7.78. The van der Waals surface area contributed by atoms with Crippen molar-refractivity contribution in [3.63, 3.8) is 0 Å². The van der Waals surface area contributed by atoms with E-state index < -0.39 is 0 Å². The smallest absolute Gasteiger partial charge is 0.164 e. The molecule has 5 heteroatoms. The van der Waals surface area contributed by atoms with Gasteiger partial charge in [-0.1, -0.05) is 164 Å². The third-order valence-electron chi connectivity index (χ3n) is 11.5. The maximum atomic E-state index is 6.70. The lowest BCUT2D eigenvalue weighted by atomic mass is 9.86. The summed E-state index contributed by atoms with van der Waals surface area (Å²) in [5, 5.41) is 6.64. The van der Waals surface area contributed by atoms with Crippen LogP contribution in [0.15, 0.2) is 209 Å². The van der Waals surface area contributed by atoms with E-state index in [0.29, 0.717) is 17.5 Å². The van der Waals surface area contributed by atoms with Crippen LogP contribution in [0, 0.1) is 0 Å². The molecule has 5 nitrogen and oxygen atoms in total. The van der Waals surface area contributed by atoms with Crippen molar-refractivity contribution < 1.29 is 8.83 Å². The Balaban J connectivity index is 1.15. The van der Waals surface area contributed by atoms with Gasteiger partial charge in [0.1, 0.15) is 22.3 Å². The Morgan fingerprint density at radius 1 is 0.300 bits per heavy atom. The lowest BCUT2D eigenvalue weighted by Gasteiger charge is -2.19. The van der Waals surface area contributed by atoms with E-state index in [1.807, 2.05) is 54.6 Å². The molecule has 12 aromatic rings. The first kappa shape index (κ1) is 33.9. The van der Waals surface area contributed by atoms with Gasteiger partial charge in [0.15, 0.2) is 17.5 Å². The first-order chi connectivity index (χ1) is 29.7. The molecule has 0 aliphatic carbocycles. The average Bonchev–Trinajstić information content (AvgIpc) is 3.90. The minimum atomic E-state index is 0.552. The molecule has 0 fully saturated rings. The van der Waals surface area contributed by atoms with E-state index in [0.717, 1.165) is 99.3 Å². The Hall–Kier alpha value is -8.15. The molecule has 0 amide bonds. The Labute approximate surface area is 344 Å². The highest BCUT2D eigenvalue weighted by Gasteiger charge is 2.24. The van der Waals surface area contributed by atoms with E-state index in [2.05, 4.69) is 146 Å². The van der Waals surface area contributed by atoms with Crippen LogP contribution in [0.3, 0.4) is 0 Å². The fourth-order valence-electron chi connectivity index (χ4n) is 8.73. The van der Waals surface area contributed by atoms with Crippen molar-refractivity contribution in [2.24, 2.45) is 0 Å². The van der Waals surface area contributed by atoms with Gasteiger partial charge >= 0.3 is 0 Å². The third-order valence-corrected chi connectivity index (χ3v) is 11.5. The second-order valence-electron chi connectivity index (χ2n) is 15.1. The van der Waals surface area contributed by atoms with Crippen LogP contribution in [0.1, 0.15) is 0 Å². The second kappa shape index (κ2) is 13.8. The summed E-state index contributed by atoms with van der Waals surface area (Å²) in [7, 11) is 0. The quantitative estimate of drug-likeness (QED) is 0.169. The summed E-state index contributed by atoms with van der Waals surface area (Å²) in [6.45, 7) is 0. The Morgan fingerprint density at radius 3 is 1.73 bits per heavy atom. The predicted molar refractivity (Wildman–Crippen MR) is 245 cm³/mol. The minimum absolute atomic E-state index is 0.552. The molecule has 12 rings (SSSR count). The number of hydrogen-bond acceptors (Lipinski definition) is 5. The van der Waals surface area contributed by atoms with Crippen LogP contribution in [-0.2, 0) is 0 Å². The van der Waals surface area contributed by atoms with Gasteiger partial charge in [-0.05, 0) is 69.4 Å². The van der Waals surface area contributed by atoms with Gasteiger partial charge in [0.25, 0.3) is 0 Å². The summed E-state index contributed by atoms with van der Waals surface area (Å²) in [5.74, 6) is 1.69. The molecule has 280 valence electrons. The molecule has 0 saturated heterocycles. The fraction of sp³-hybridized carbons (Fsp3) is 0. The number of nitrogens with zero attached hydrogens (tertiary/aromatic N) is 3. The van der Waals surface area contributed by atoms with E-state index in [4.69, 9.17) is 23.8 Å². The molecule has 0 saturated carbocycles. The molecule has 0 unspecified atom stereocenters. The summed E-state index contributed by atoms with van der Waals surface area (Å²) in [5.41, 5.74) is 12.1. The Morgan fingerprint density at radius 2 is 0.933 bits per heavy atom. The van der Waals surface area contributed by atoms with E-state index in [-0.39, 0.29) is 0 Å². The maximum Gasteiger partial charge on any atom is 0.164 e. The molecular formula is C55H33N3O2. The lowest BCUT2D eigenvalue weighted by molar-refractivity contribution is 0.669. The molecule has 0 aliphatic rings. The lowest BCUT2D eigenvalue weighted by Crippen LogP contribution is -2.02. The van der Waals surface area contributed by atoms with Gasteiger partial charge in [0.05, 0.1) is 0 Å². The van der Waals surface area contributed by atoms with Crippen LogP contribution in [0.25, 0.3) is 122 Å². The summed E-state index contributed by atoms with van der Waals surface area (Å²) < 4.78 is 13.2. The zero-order valence-corrected chi connectivity index (χ0v) is 32.2. The van der Waals surface area contributed by atoms with Gasteiger partial charge in [-0.2, -0.15) is 0 Å². The molecule has 0 aliphatic heterocycles. The molecule has 0 radical (unpaired) electrons. The van der Waals surface area contributed by atoms with Crippen molar-refractivity contribution in [3.05, 3.63) is 200 Å². The summed E-state index contributed by atoms with van der Waals surface area (Å²) in [6, 6.07) is 69.2. The van der Waals surface area contributed by atoms with Gasteiger partial charge in [0, 0.05) is 49.4 Å². The molecule has 0 atom stereocenters. The van der Waals surface area contributed by atoms with Crippen molar-refractivity contribution in [1.82, 2.24) is 15.0 Å². The highest BCUT2D eigenvalue weighted by molar-refractivity contribution is 6.19. The number of rotatable bonds is 6. The maximum absolute atomic E-state index is 6.70. The molecule has 0 N–H and O–H groups in total. The van der Waals surface area contributed by atoms with Gasteiger partial charge in [-0.15, -0.1) is 0 Å².